The molecule has 0 heterocycles. The van der Waals surface area contributed by atoms with Gasteiger partial charge in [-0.25, -0.2) is 0 Å². The van der Waals surface area contributed by atoms with Crippen molar-refractivity contribution in [2.75, 3.05) is 5.75 Å². The maximum absolute atomic E-state index is 10.8. The van der Waals surface area contributed by atoms with Gasteiger partial charge >= 0.3 is 0 Å². The van der Waals surface area contributed by atoms with Crippen molar-refractivity contribution in [1.29, 1.82) is 0 Å². The molecule has 0 saturated heterocycles. The predicted molar refractivity (Wildman–Crippen MR) is 72.8 cm³/mol. The van der Waals surface area contributed by atoms with Crippen LogP contribution >= 0.6 is 0 Å². The van der Waals surface area contributed by atoms with Crippen LogP contribution < -0.4 is 11.1 Å². The van der Waals surface area contributed by atoms with Crippen molar-refractivity contribution in [2.45, 2.75) is 26.3 Å². The molecule has 0 radical (unpaired) electrons. The van der Waals surface area contributed by atoms with E-state index in [1.165, 1.54) is 13.8 Å². The lowest BCUT2D eigenvalue weighted by molar-refractivity contribution is -0.117. The molecular formula is C11H20N2O5S. The smallest absolute Gasteiger partial charge is 0.267 e. The third kappa shape index (κ3) is 14.3. The van der Waals surface area contributed by atoms with E-state index in [1.807, 2.05) is 0 Å². The number of carbonyl (C=O) groups excluding carboxylic acids is 2. The molecule has 0 rings (SSSR count). The molecule has 7 nitrogen and oxygen atoms in total. The van der Waals surface area contributed by atoms with Crippen LogP contribution in [0.4, 0.5) is 0 Å². The van der Waals surface area contributed by atoms with Crippen LogP contribution in [-0.2, 0) is 19.7 Å². The van der Waals surface area contributed by atoms with E-state index < -0.39 is 33.2 Å². The Balaban J connectivity index is 0. The third-order valence-corrected chi connectivity index (χ3v) is 2.70. The van der Waals surface area contributed by atoms with Crippen LogP contribution in [0.3, 0.4) is 0 Å². The lowest BCUT2D eigenvalue weighted by atomic mass is 10.1. The van der Waals surface area contributed by atoms with Gasteiger partial charge < -0.3 is 11.1 Å². The summed E-state index contributed by atoms with van der Waals surface area (Å²) in [4.78, 5) is 20.6. The summed E-state index contributed by atoms with van der Waals surface area (Å²) in [6.45, 7) is 11.0. The number of nitrogens with two attached hydrogens (primary N) is 1. The Labute approximate surface area is 113 Å². The molecule has 0 aromatic carbocycles. The summed E-state index contributed by atoms with van der Waals surface area (Å²) in [5.41, 5.74) is 4.09. The molecule has 0 bridgehead atoms. The Morgan fingerprint density at radius 3 is 2.00 bits per heavy atom. The lowest BCUT2D eigenvalue weighted by Crippen LogP contribution is -2.47. The van der Waals surface area contributed by atoms with E-state index in [1.54, 1.807) is 6.92 Å². The molecule has 0 aromatic heterocycles. The Bertz CT molecular complexity index is 453. The molecule has 8 heteroatoms. The molecule has 0 saturated carbocycles. The van der Waals surface area contributed by atoms with Crippen LogP contribution in [0.1, 0.15) is 20.8 Å². The van der Waals surface area contributed by atoms with Crippen molar-refractivity contribution in [3.05, 3.63) is 24.8 Å². The zero-order valence-corrected chi connectivity index (χ0v) is 12.1. The van der Waals surface area contributed by atoms with Crippen LogP contribution in [0, 0.1) is 0 Å². The summed E-state index contributed by atoms with van der Waals surface area (Å²) < 4.78 is 29.5. The Morgan fingerprint density at radius 2 is 1.79 bits per heavy atom. The van der Waals surface area contributed by atoms with Crippen LogP contribution in [-0.4, -0.2) is 36.1 Å². The largest absolute Gasteiger partial charge is 0.366 e. The van der Waals surface area contributed by atoms with Crippen LogP contribution in [0.5, 0.6) is 0 Å². The molecule has 0 unspecified atom stereocenters. The molecular weight excluding hydrogens is 272 g/mol. The van der Waals surface area contributed by atoms with Gasteiger partial charge in [-0.15, -0.1) is 0 Å². The van der Waals surface area contributed by atoms with Crippen molar-refractivity contribution >= 4 is 21.9 Å². The number of nitrogens with one attached hydrogen (secondary N) is 1. The fourth-order valence-corrected chi connectivity index (χ4v) is 1.86. The van der Waals surface area contributed by atoms with Gasteiger partial charge in [0, 0.05) is 5.57 Å². The number of primary amides is 1. The van der Waals surface area contributed by atoms with Crippen LogP contribution in [0.15, 0.2) is 24.8 Å². The van der Waals surface area contributed by atoms with E-state index in [-0.39, 0.29) is 0 Å². The van der Waals surface area contributed by atoms with Crippen molar-refractivity contribution in [3.8, 4) is 0 Å². The molecule has 0 fully saturated rings. The fourth-order valence-electron chi connectivity index (χ4n) is 0.877. The zero-order chi connectivity index (χ0) is 15.9. The first kappa shape index (κ1) is 19.7. The van der Waals surface area contributed by atoms with E-state index in [4.69, 9.17) is 10.3 Å². The maximum atomic E-state index is 10.8. The SMILES string of the molecule is C=C(C)C(N)=O.C=CC(=O)NC(C)(C)CS(=O)(=O)O. The lowest BCUT2D eigenvalue weighted by Gasteiger charge is -2.23. The van der Waals surface area contributed by atoms with Crippen molar-refractivity contribution in [1.82, 2.24) is 5.32 Å². The Kier molecular flexibility index (Phi) is 7.97. The first-order valence-electron chi connectivity index (χ1n) is 5.16. The molecule has 0 aliphatic rings. The van der Waals surface area contributed by atoms with Gasteiger partial charge in [0.05, 0.1) is 11.3 Å². The number of rotatable bonds is 5. The van der Waals surface area contributed by atoms with E-state index in [0.717, 1.165) is 6.08 Å². The van der Waals surface area contributed by atoms with Gasteiger partial charge in [-0.1, -0.05) is 13.2 Å². The highest BCUT2D eigenvalue weighted by atomic mass is 32.2. The minimum atomic E-state index is -4.08. The summed E-state index contributed by atoms with van der Waals surface area (Å²) in [5.74, 6) is -1.44. The van der Waals surface area contributed by atoms with Gasteiger partial charge in [0.25, 0.3) is 10.1 Å². The van der Waals surface area contributed by atoms with E-state index in [9.17, 15) is 18.0 Å². The zero-order valence-electron chi connectivity index (χ0n) is 11.3. The van der Waals surface area contributed by atoms with Gasteiger partial charge in [-0.3, -0.25) is 14.1 Å². The summed E-state index contributed by atoms with van der Waals surface area (Å²) in [7, 11) is -4.08. The number of hydrogen-bond donors (Lipinski definition) is 3. The maximum Gasteiger partial charge on any atom is 0.267 e. The van der Waals surface area contributed by atoms with Gasteiger partial charge in [-0.2, -0.15) is 8.42 Å². The molecule has 0 aliphatic heterocycles. The minimum absolute atomic E-state index is 0.398. The van der Waals surface area contributed by atoms with E-state index >= 15 is 0 Å². The minimum Gasteiger partial charge on any atom is -0.366 e. The van der Waals surface area contributed by atoms with Gasteiger partial charge in [-0.05, 0) is 26.8 Å². The number of hydrogen-bond acceptors (Lipinski definition) is 4. The van der Waals surface area contributed by atoms with Crippen molar-refractivity contribution in [3.63, 3.8) is 0 Å². The summed E-state index contributed by atoms with van der Waals surface area (Å²) in [5, 5.41) is 2.37. The molecule has 0 aliphatic carbocycles. The molecule has 4 N–H and O–H groups in total. The van der Waals surface area contributed by atoms with Gasteiger partial charge in [0.2, 0.25) is 11.8 Å². The monoisotopic (exact) mass is 292 g/mol. The summed E-state index contributed by atoms with van der Waals surface area (Å²) in [6, 6.07) is 0. The molecule has 19 heavy (non-hydrogen) atoms. The molecule has 110 valence electrons. The quantitative estimate of drug-likeness (QED) is 0.485. The summed E-state index contributed by atoms with van der Waals surface area (Å²) in [6.07, 6.45) is 1.03. The Hall–Kier alpha value is -1.67. The fraction of sp³-hybridized carbons (Fsp3) is 0.455. The Morgan fingerprint density at radius 1 is 1.42 bits per heavy atom. The molecule has 2 amide bonds. The highest BCUT2D eigenvalue weighted by Gasteiger charge is 2.25. The average molecular weight is 292 g/mol. The summed E-state index contributed by atoms with van der Waals surface area (Å²) >= 11 is 0. The van der Waals surface area contributed by atoms with Crippen molar-refractivity contribution < 1.29 is 22.6 Å². The average Bonchev–Trinajstić information content (AvgIpc) is 2.13. The second-order valence-electron chi connectivity index (χ2n) is 4.45. The predicted octanol–water partition coefficient (Wildman–Crippen LogP) is 0.00280. The van der Waals surface area contributed by atoms with Crippen LogP contribution in [0.25, 0.3) is 0 Å². The third-order valence-electron chi connectivity index (χ3n) is 1.61. The highest BCUT2D eigenvalue weighted by Crippen LogP contribution is 2.05. The number of carbonyl (C=O) groups is 2. The second kappa shape index (κ2) is 7.70. The van der Waals surface area contributed by atoms with E-state index in [2.05, 4.69) is 18.5 Å². The van der Waals surface area contributed by atoms with Gasteiger partial charge in [0.15, 0.2) is 0 Å². The van der Waals surface area contributed by atoms with Gasteiger partial charge in [0.1, 0.15) is 0 Å². The van der Waals surface area contributed by atoms with Crippen LogP contribution in [0.2, 0.25) is 0 Å². The van der Waals surface area contributed by atoms with E-state index in [0.29, 0.717) is 5.57 Å². The first-order chi connectivity index (χ1) is 8.30. The molecule has 0 spiro atoms. The standard InChI is InChI=1S/C7H13NO4S.C4H7NO/c1-4-6(9)8-7(2,3)5-13(10,11)12;1-3(2)4(5)6/h4H,1,5H2,2-3H3,(H,8,9)(H,10,11,12);1H2,2H3,(H2,5,6). The molecule has 0 aromatic rings. The normalized spacial score (nSPS) is 10.7. The second-order valence-corrected chi connectivity index (χ2v) is 5.90. The number of amides is 2. The first-order valence-corrected chi connectivity index (χ1v) is 6.76. The van der Waals surface area contributed by atoms with Crippen molar-refractivity contribution in [2.24, 2.45) is 5.73 Å². The highest BCUT2D eigenvalue weighted by molar-refractivity contribution is 7.85. The molecule has 0 atom stereocenters. The topological polar surface area (TPSA) is 127 Å².